The van der Waals surface area contributed by atoms with Crippen LogP contribution in [-0.2, 0) is 16.6 Å². The summed E-state index contributed by atoms with van der Waals surface area (Å²) >= 11 is 7.87. The Bertz CT molecular complexity index is 781. The third-order valence-corrected chi connectivity index (χ3v) is 7.44. The molecule has 0 aliphatic carbocycles. The lowest BCUT2D eigenvalue weighted by atomic mass is 10.3. The van der Waals surface area contributed by atoms with E-state index < -0.39 is 14.9 Å². The summed E-state index contributed by atoms with van der Waals surface area (Å²) in [5, 5.41) is 12.6. The highest BCUT2D eigenvalue weighted by molar-refractivity contribution is 7.91. The molecule has 2 aromatic rings. The minimum Gasteiger partial charge on any atom is -0.258 e. The maximum atomic E-state index is 12.4. The van der Waals surface area contributed by atoms with E-state index in [0.717, 1.165) is 20.8 Å². The summed E-state index contributed by atoms with van der Waals surface area (Å²) in [5.41, 5.74) is 0.623. The Morgan fingerprint density at radius 3 is 2.62 bits per heavy atom. The number of sulfonamides is 1. The van der Waals surface area contributed by atoms with Crippen LogP contribution in [0.5, 0.6) is 0 Å². The molecule has 0 radical (unpaired) electrons. The third-order valence-electron chi connectivity index (χ3n) is 2.84. The molecule has 6 nitrogen and oxygen atoms in total. The highest BCUT2D eigenvalue weighted by atomic mass is 35.5. The van der Waals surface area contributed by atoms with E-state index in [1.54, 1.807) is 0 Å². The largest absolute Gasteiger partial charge is 0.300 e. The summed E-state index contributed by atoms with van der Waals surface area (Å²) in [4.78, 5) is 11.0. The smallest absolute Gasteiger partial charge is 0.258 e. The number of rotatable bonds is 5. The first-order chi connectivity index (χ1) is 9.73. The van der Waals surface area contributed by atoms with Crippen molar-refractivity contribution in [3.8, 4) is 0 Å². The Labute approximate surface area is 134 Å². The summed E-state index contributed by atoms with van der Waals surface area (Å²) in [7, 11) is -2.36. The van der Waals surface area contributed by atoms with Gasteiger partial charge < -0.3 is 0 Å². The molecule has 0 aliphatic heterocycles. The van der Waals surface area contributed by atoms with Crippen LogP contribution in [0, 0.1) is 17.0 Å². The van der Waals surface area contributed by atoms with Crippen LogP contribution in [-0.4, -0.2) is 24.7 Å². The van der Waals surface area contributed by atoms with E-state index in [-0.39, 0.29) is 20.8 Å². The fourth-order valence-corrected chi connectivity index (χ4v) is 5.65. The van der Waals surface area contributed by atoms with Gasteiger partial charge in [0, 0.05) is 24.5 Å². The molecule has 0 spiro atoms. The van der Waals surface area contributed by atoms with Gasteiger partial charge in [-0.3, -0.25) is 10.1 Å². The summed E-state index contributed by atoms with van der Waals surface area (Å²) in [6.45, 7) is 2.12. The quantitative estimate of drug-likeness (QED) is 0.599. The fraction of sp³-hybridized carbons (Fsp3) is 0.273. The molecule has 0 aromatic carbocycles. The first-order valence-corrected chi connectivity index (χ1v) is 9.18. The summed E-state index contributed by atoms with van der Waals surface area (Å²) < 4.78 is 25.7. The first-order valence-electron chi connectivity index (χ1n) is 5.66. The average Bonchev–Trinajstić information content (AvgIpc) is 2.96. The number of nitrogens with zero attached hydrogens (tertiary/aromatic N) is 2. The van der Waals surface area contributed by atoms with E-state index in [4.69, 9.17) is 11.6 Å². The molecule has 0 atom stereocenters. The molecule has 0 unspecified atom stereocenters. The van der Waals surface area contributed by atoms with Crippen LogP contribution in [0.15, 0.2) is 21.7 Å². The van der Waals surface area contributed by atoms with Gasteiger partial charge in [-0.05, 0) is 23.9 Å². The number of halogens is 1. The van der Waals surface area contributed by atoms with Gasteiger partial charge in [0.1, 0.15) is 4.21 Å². The third kappa shape index (κ3) is 3.27. The first kappa shape index (κ1) is 16.4. The average molecular weight is 367 g/mol. The maximum absolute atomic E-state index is 12.4. The summed E-state index contributed by atoms with van der Waals surface area (Å²) in [5.74, 6) is 0. The number of aryl methyl sites for hydroxylation is 1. The zero-order chi connectivity index (χ0) is 15.8. The Hall–Kier alpha value is -1.000. The van der Waals surface area contributed by atoms with Crippen molar-refractivity contribution in [1.29, 1.82) is 0 Å². The lowest BCUT2D eigenvalue weighted by molar-refractivity contribution is -0.384. The van der Waals surface area contributed by atoms with Crippen LogP contribution in [0.4, 0.5) is 5.69 Å². The van der Waals surface area contributed by atoms with Crippen LogP contribution in [0.1, 0.15) is 10.4 Å². The minimum absolute atomic E-state index is 0.129. The second kappa shape index (κ2) is 6.01. The molecule has 0 saturated carbocycles. The lowest BCUT2D eigenvalue weighted by Gasteiger charge is -2.15. The predicted octanol–water partition coefficient (Wildman–Crippen LogP) is 3.50. The topological polar surface area (TPSA) is 80.5 Å². The van der Waals surface area contributed by atoms with Gasteiger partial charge in [-0.15, -0.1) is 22.7 Å². The van der Waals surface area contributed by atoms with Crippen LogP contribution in [0.2, 0.25) is 4.34 Å². The van der Waals surface area contributed by atoms with Crippen LogP contribution >= 0.6 is 34.3 Å². The number of thiophene rings is 2. The van der Waals surface area contributed by atoms with Crippen molar-refractivity contribution in [1.82, 2.24) is 4.31 Å². The van der Waals surface area contributed by atoms with Crippen LogP contribution < -0.4 is 0 Å². The van der Waals surface area contributed by atoms with Crippen molar-refractivity contribution in [3.05, 3.63) is 42.4 Å². The number of hydrogen-bond donors (Lipinski definition) is 0. The van der Waals surface area contributed by atoms with Crippen molar-refractivity contribution >= 4 is 50.0 Å². The molecule has 0 bridgehead atoms. The van der Waals surface area contributed by atoms with Crippen LogP contribution in [0.3, 0.4) is 0 Å². The molecule has 114 valence electrons. The molecule has 0 amide bonds. The molecular formula is C11H11ClN2O4S3. The van der Waals surface area contributed by atoms with Crippen molar-refractivity contribution in [2.45, 2.75) is 17.7 Å². The molecule has 0 fully saturated rings. The highest BCUT2D eigenvalue weighted by Gasteiger charge is 2.28. The van der Waals surface area contributed by atoms with E-state index >= 15 is 0 Å². The van der Waals surface area contributed by atoms with Gasteiger partial charge in [-0.2, -0.15) is 4.31 Å². The van der Waals surface area contributed by atoms with Crippen LogP contribution in [0.25, 0.3) is 0 Å². The molecule has 0 saturated heterocycles. The lowest BCUT2D eigenvalue weighted by Crippen LogP contribution is -2.25. The van der Waals surface area contributed by atoms with E-state index in [1.165, 1.54) is 18.4 Å². The van der Waals surface area contributed by atoms with Crippen molar-refractivity contribution < 1.29 is 13.3 Å². The summed E-state index contributed by atoms with van der Waals surface area (Å²) in [6.07, 6.45) is 0. The van der Waals surface area contributed by atoms with Crippen molar-refractivity contribution in [2.24, 2.45) is 0 Å². The Kier molecular flexibility index (Phi) is 4.69. The Balaban J connectivity index is 2.31. The zero-order valence-corrected chi connectivity index (χ0v) is 14.3. The Morgan fingerprint density at radius 2 is 2.14 bits per heavy atom. The second-order valence-electron chi connectivity index (χ2n) is 4.27. The normalized spacial score (nSPS) is 12.0. The SMILES string of the molecule is Cc1ccsc1CN(C)S(=O)(=O)c1cc([N+](=O)[O-])c(Cl)s1. The van der Waals surface area contributed by atoms with E-state index in [1.807, 2.05) is 18.4 Å². The molecular weight excluding hydrogens is 356 g/mol. The molecule has 2 rings (SSSR count). The summed E-state index contributed by atoms with van der Waals surface area (Å²) in [6, 6.07) is 2.91. The molecule has 21 heavy (non-hydrogen) atoms. The number of nitro groups is 1. The van der Waals surface area contributed by atoms with Crippen molar-refractivity contribution in [2.75, 3.05) is 7.05 Å². The molecule has 10 heteroatoms. The van der Waals surface area contributed by atoms with E-state index in [9.17, 15) is 18.5 Å². The van der Waals surface area contributed by atoms with Gasteiger partial charge in [-0.25, -0.2) is 8.42 Å². The fourth-order valence-electron chi connectivity index (χ4n) is 1.60. The monoisotopic (exact) mass is 366 g/mol. The highest BCUT2D eigenvalue weighted by Crippen LogP contribution is 2.37. The van der Waals surface area contributed by atoms with Crippen molar-refractivity contribution in [3.63, 3.8) is 0 Å². The minimum atomic E-state index is -3.80. The van der Waals surface area contributed by atoms with Gasteiger partial charge in [0.15, 0.2) is 4.34 Å². The molecule has 0 aliphatic rings. The van der Waals surface area contributed by atoms with Gasteiger partial charge in [0.25, 0.3) is 15.7 Å². The Morgan fingerprint density at radius 1 is 1.48 bits per heavy atom. The maximum Gasteiger partial charge on any atom is 0.300 e. The van der Waals surface area contributed by atoms with Gasteiger partial charge in [-0.1, -0.05) is 11.6 Å². The van der Waals surface area contributed by atoms with E-state index in [0.29, 0.717) is 11.3 Å². The van der Waals surface area contributed by atoms with Gasteiger partial charge >= 0.3 is 0 Å². The van der Waals surface area contributed by atoms with E-state index in [2.05, 4.69) is 0 Å². The molecule has 0 N–H and O–H groups in total. The number of hydrogen-bond acceptors (Lipinski definition) is 6. The molecule has 2 aromatic heterocycles. The van der Waals surface area contributed by atoms with Gasteiger partial charge in [0.2, 0.25) is 0 Å². The second-order valence-corrected chi connectivity index (χ2v) is 9.20. The molecule has 2 heterocycles. The standard InChI is InChI=1S/C11H11ClN2O4S3/c1-7-3-4-19-9(7)6-13(2)21(17,18)10-5-8(14(15)16)11(12)20-10/h3-5H,6H2,1-2H3. The van der Waals surface area contributed by atoms with Gasteiger partial charge in [0.05, 0.1) is 4.92 Å². The predicted molar refractivity (Wildman–Crippen MR) is 83.7 cm³/mol. The zero-order valence-electron chi connectivity index (χ0n) is 11.1.